The Morgan fingerprint density at radius 3 is 2.61 bits per heavy atom. The van der Waals surface area contributed by atoms with Gasteiger partial charge in [0, 0.05) is 37.1 Å². The van der Waals surface area contributed by atoms with Crippen LogP contribution in [0.25, 0.3) is 10.9 Å². The van der Waals surface area contributed by atoms with Gasteiger partial charge in [-0.25, -0.2) is 18.5 Å². The van der Waals surface area contributed by atoms with E-state index in [2.05, 4.69) is 26.4 Å². The van der Waals surface area contributed by atoms with Crippen LogP contribution in [0.1, 0.15) is 11.3 Å². The van der Waals surface area contributed by atoms with Gasteiger partial charge in [-0.3, -0.25) is 4.68 Å². The second kappa shape index (κ2) is 7.64. The molecule has 0 saturated heterocycles. The second-order valence-electron chi connectivity index (χ2n) is 7.36. The number of nitrogens with one attached hydrogen (secondary N) is 1. The number of anilines is 4. The van der Waals surface area contributed by atoms with Gasteiger partial charge in [-0.1, -0.05) is 6.07 Å². The number of sulfonamides is 1. The van der Waals surface area contributed by atoms with Crippen molar-refractivity contribution in [3.8, 4) is 0 Å². The predicted octanol–water partition coefficient (Wildman–Crippen LogP) is 3.14. The van der Waals surface area contributed by atoms with Crippen molar-refractivity contribution in [2.45, 2.75) is 18.7 Å². The maximum absolute atomic E-state index is 11.8. The number of rotatable bonds is 5. The normalized spacial score (nSPS) is 11.6. The van der Waals surface area contributed by atoms with Crippen molar-refractivity contribution in [1.82, 2.24) is 19.7 Å². The Balaban J connectivity index is 1.64. The van der Waals surface area contributed by atoms with Crippen molar-refractivity contribution in [3.63, 3.8) is 0 Å². The van der Waals surface area contributed by atoms with E-state index in [1.807, 2.05) is 42.7 Å². The third-order valence-electron chi connectivity index (χ3n) is 5.14. The van der Waals surface area contributed by atoms with E-state index >= 15 is 0 Å². The van der Waals surface area contributed by atoms with Crippen LogP contribution in [0, 0.1) is 13.8 Å². The highest BCUT2D eigenvalue weighted by Gasteiger charge is 2.14. The fourth-order valence-corrected chi connectivity index (χ4v) is 4.29. The monoisotopic (exact) mass is 437 g/mol. The van der Waals surface area contributed by atoms with Gasteiger partial charge in [0.15, 0.2) is 0 Å². The maximum atomic E-state index is 11.8. The lowest BCUT2D eigenvalue weighted by Crippen LogP contribution is -2.14. The van der Waals surface area contributed by atoms with Gasteiger partial charge in [-0.05, 0) is 55.8 Å². The summed E-state index contributed by atoms with van der Waals surface area (Å²) >= 11 is 0. The average molecular weight is 438 g/mol. The number of aromatic nitrogens is 4. The number of hydrogen-bond donors (Lipinski definition) is 2. The highest BCUT2D eigenvalue weighted by atomic mass is 32.2. The molecular formula is C21H23N7O2S. The Morgan fingerprint density at radius 2 is 1.87 bits per heavy atom. The van der Waals surface area contributed by atoms with Crippen molar-refractivity contribution in [3.05, 3.63) is 59.9 Å². The van der Waals surface area contributed by atoms with E-state index in [0.717, 1.165) is 22.3 Å². The fourth-order valence-electron chi connectivity index (χ4n) is 3.48. The molecule has 0 aliphatic rings. The Morgan fingerprint density at radius 1 is 1.10 bits per heavy atom. The third-order valence-corrected chi connectivity index (χ3v) is 6.19. The van der Waals surface area contributed by atoms with E-state index < -0.39 is 10.0 Å². The molecule has 0 radical (unpaired) electrons. The first-order chi connectivity index (χ1) is 14.6. The van der Waals surface area contributed by atoms with Gasteiger partial charge in [-0.15, -0.1) is 0 Å². The van der Waals surface area contributed by atoms with E-state index in [1.54, 1.807) is 31.3 Å². The lowest BCUT2D eigenvalue weighted by molar-refractivity contribution is 0.597. The number of hydrogen-bond acceptors (Lipinski definition) is 7. The lowest BCUT2D eigenvalue weighted by atomic mass is 10.2. The standard InChI is InChI=1S/C21H23N7O2S/c1-13-5-6-15(11-19(13)31(22,29)30)24-21-23-10-9-20(25-21)27(3)16-7-8-18-17(12-16)14(2)26-28(18)4/h5-12H,1-4H3,(H2,22,29,30)(H,23,24,25). The van der Waals surface area contributed by atoms with Gasteiger partial charge in [0.05, 0.1) is 16.1 Å². The quantitative estimate of drug-likeness (QED) is 0.492. The molecule has 0 spiro atoms. The topological polar surface area (TPSA) is 119 Å². The molecule has 160 valence electrons. The maximum Gasteiger partial charge on any atom is 0.238 e. The third kappa shape index (κ3) is 4.07. The van der Waals surface area contributed by atoms with Gasteiger partial charge >= 0.3 is 0 Å². The molecule has 2 aromatic heterocycles. The molecule has 0 amide bonds. The smallest absolute Gasteiger partial charge is 0.238 e. The summed E-state index contributed by atoms with van der Waals surface area (Å²) < 4.78 is 25.4. The van der Waals surface area contributed by atoms with E-state index in [1.165, 1.54) is 6.07 Å². The molecule has 0 aliphatic carbocycles. The van der Waals surface area contributed by atoms with Crippen LogP contribution >= 0.6 is 0 Å². The molecule has 0 fully saturated rings. The van der Waals surface area contributed by atoms with Crippen LogP contribution < -0.4 is 15.4 Å². The van der Waals surface area contributed by atoms with Gasteiger partial charge in [0.1, 0.15) is 5.82 Å². The van der Waals surface area contributed by atoms with Crippen molar-refractivity contribution in [2.24, 2.45) is 12.2 Å². The summed E-state index contributed by atoms with van der Waals surface area (Å²) in [6, 6.07) is 12.8. The molecule has 2 heterocycles. The number of benzene rings is 2. The van der Waals surface area contributed by atoms with Crippen molar-refractivity contribution < 1.29 is 8.42 Å². The number of primary sulfonamides is 1. The highest BCUT2D eigenvalue weighted by molar-refractivity contribution is 7.89. The molecule has 0 unspecified atom stereocenters. The Hall–Kier alpha value is -3.50. The molecule has 0 aliphatic heterocycles. The number of nitrogens with two attached hydrogens (primary N) is 1. The zero-order valence-electron chi connectivity index (χ0n) is 17.7. The molecule has 0 bridgehead atoms. The van der Waals surface area contributed by atoms with Crippen LogP contribution in [-0.2, 0) is 17.1 Å². The minimum atomic E-state index is -3.82. The minimum Gasteiger partial charge on any atom is -0.329 e. The summed E-state index contributed by atoms with van der Waals surface area (Å²) in [6.45, 7) is 3.67. The van der Waals surface area contributed by atoms with Crippen LogP contribution in [0.2, 0.25) is 0 Å². The minimum absolute atomic E-state index is 0.0610. The van der Waals surface area contributed by atoms with Gasteiger partial charge < -0.3 is 10.2 Å². The average Bonchev–Trinajstić information content (AvgIpc) is 3.01. The fraction of sp³-hybridized carbons (Fsp3) is 0.190. The zero-order valence-corrected chi connectivity index (χ0v) is 18.5. The van der Waals surface area contributed by atoms with Gasteiger partial charge in [0.2, 0.25) is 16.0 Å². The predicted molar refractivity (Wildman–Crippen MR) is 121 cm³/mol. The lowest BCUT2D eigenvalue weighted by Gasteiger charge is -2.19. The largest absolute Gasteiger partial charge is 0.329 e. The first-order valence-electron chi connectivity index (χ1n) is 9.54. The summed E-state index contributed by atoms with van der Waals surface area (Å²) in [5.41, 5.74) is 4.08. The molecule has 0 atom stereocenters. The molecule has 2 aromatic carbocycles. The second-order valence-corrected chi connectivity index (χ2v) is 8.89. The highest BCUT2D eigenvalue weighted by Crippen LogP contribution is 2.28. The first kappa shape index (κ1) is 20.8. The van der Waals surface area contributed by atoms with Crippen molar-refractivity contribution in [1.29, 1.82) is 0 Å². The Labute approximate surface area is 180 Å². The number of fused-ring (bicyclic) bond motifs is 1. The summed E-state index contributed by atoms with van der Waals surface area (Å²) in [4.78, 5) is 10.8. The summed E-state index contributed by atoms with van der Waals surface area (Å²) in [5, 5.41) is 13.9. The van der Waals surface area contributed by atoms with Crippen LogP contribution in [0.4, 0.5) is 23.1 Å². The molecule has 4 aromatic rings. The molecule has 10 heteroatoms. The summed E-state index contributed by atoms with van der Waals surface area (Å²) in [5.74, 6) is 1.02. The molecule has 4 rings (SSSR count). The van der Waals surface area contributed by atoms with Crippen LogP contribution in [0.3, 0.4) is 0 Å². The Bertz CT molecular complexity index is 1400. The number of aryl methyl sites for hydroxylation is 3. The van der Waals surface area contributed by atoms with E-state index in [-0.39, 0.29) is 4.90 Å². The Kier molecular flexibility index (Phi) is 5.11. The van der Waals surface area contributed by atoms with Gasteiger partial charge in [0.25, 0.3) is 0 Å². The van der Waals surface area contributed by atoms with E-state index in [0.29, 0.717) is 23.0 Å². The summed E-state index contributed by atoms with van der Waals surface area (Å²) in [6.07, 6.45) is 1.64. The van der Waals surface area contributed by atoms with Crippen molar-refractivity contribution in [2.75, 3.05) is 17.3 Å². The van der Waals surface area contributed by atoms with Crippen LogP contribution in [-0.4, -0.2) is 35.2 Å². The SMILES string of the molecule is Cc1ccc(Nc2nccc(N(C)c3ccc4c(c3)c(C)nn4C)n2)cc1S(N)(=O)=O. The first-order valence-corrected chi connectivity index (χ1v) is 11.1. The molecule has 0 saturated carbocycles. The van der Waals surface area contributed by atoms with E-state index in [4.69, 9.17) is 5.14 Å². The zero-order chi connectivity index (χ0) is 22.3. The molecule has 9 nitrogen and oxygen atoms in total. The molecule has 31 heavy (non-hydrogen) atoms. The summed E-state index contributed by atoms with van der Waals surface area (Å²) in [7, 11) is 0.0231. The van der Waals surface area contributed by atoms with Crippen LogP contribution in [0.5, 0.6) is 0 Å². The number of nitrogens with zero attached hydrogens (tertiary/aromatic N) is 5. The molecule has 3 N–H and O–H groups in total. The molecular weight excluding hydrogens is 414 g/mol. The van der Waals surface area contributed by atoms with Crippen molar-refractivity contribution >= 4 is 44.1 Å². The van der Waals surface area contributed by atoms with E-state index in [9.17, 15) is 8.42 Å². The van der Waals surface area contributed by atoms with Crippen LogP contribution in [0.15, 0.2) is 53.6 Å². The van der Waals surface area contributed by atoms with Gasteiger partial charge in [-0.2, -0.15) is 10.1 Å².